The van der Waals surface area contributed by atoms with Crippen LogP contribution < -0.4 is 0 Å². The van der Waals surface area contributed by atoms with Crippen molar-refractivity contribution < 1.29 is 3.89 Å². The van der Waals surface area contributed by atoms with E-state index in [1.54, 1.807) is 0 Å². The third-order valence-electron chi connectivity index (χ3n) is 2.73. The van der Waals surface area contributed by atoms with E-state index in [1.165, 1.54) is 0 Å². The van der Waals surface area contributed by atoms with Crippen molar-refractivity contribution in [2.45, 2.75) is 34.6 Å². The van der Waals surface area contributed by atoms with Crippen LogP contribution in [0, 0.1) is 11.8 Å². The van der Waals surface area contributed by atoms with E-state index in [1.807, 2.05) is 13.8 Å². The fourth-order valence-electron chi connectivity index (χ4n) is 1.10. The van der Waals surface area contributed by atoms with Crippen molar-refractivity contribution in [1.82, 2.24) is 0 Å². The van der Waals surface area contributed by atoms with Crippen molar-refractivity contribution in [3.63, 3.8) is 0 Å². The quantitative estimate of drug-likeness (QED) is 0.620. The molecule has 0 saturated carbocycles. The summed E-state index contributed by atoms with van der Waals surface area (Å²) in [4.78, 5) is 0. The molecule has 0 saturated heterocycles. The first kappa shape index (κ1) is 12.3. The van der Waals surface area contributed by atoms with E-state index in [2.05, 4.69) is 20.8 Å². The van der Waals surface area contributed by atoms with E-state index in [9.17, 15) is 3.89 Å². The van der Waals surface area contributed by atoms with Gasteiger partial charge in [-0.25, -0.2) is 0 Å². The van der Waals surface area contributed by atoms with Gasteiger partial charge in [0.1, 0.15) is 0 Å². The zero-order valence-corrected chi connectivity index (χ0v) is 9.88. The summed E-state index contributed by atoms with van der Waals surface area (Å²) in [5.74, 6) is 3.43. The molecule has 0 aromatic rings. The maximum Gasteiger partial charge on any atom is 0.00636 e. The molecule has 0 aliphatic carbocycles. The predicted octanol–water partition coefficient (Wildman–Crippen LogP) is 4.01. The second kappa shape index (κ2) is 5.11. The number of hydrogen-bond acceptors (Lipinski definition) is 0. The Balaban J connectivity index is 4.02. The Kier molecular flexibility index (Phi) is 5.22. The molecule has 0 aliphatic heterocycles. The summed E-state index contributed by atoms with van der Waals surface area (Å²) in [5, 5.41) is 0. The average Bonchev–Trinajstić information content (AvgIpc) is 2.04. The van der Waals surface area contributed by atoms with Crippen molar-refractivity contribution in [2.75, 3.05) is 17.3 Å². The van der Waals surface area contributed by atoms with Crippen LogP contribution >= 0.6 is 10.4 Å². The van der Waals surface area contributed by atoms with E-state index in [-0.39, 0.29) is 0 Å². The molecule has 0 amide bonds. The van der Waals surface area contributed by atoms with Gasteiger partial charge in [0.05, 0.1) is 0 Å². The highest BCUT2D eigenvalue weighted by Crippen LogP contribution is 2.51. The number of rotatable bonds is 5. The highest BCUT2D eigenvalue weighted by Gasteiger charge is 2.23. The highest BCUT2D eigenvalue weighted by atomic mass is 32.3. The summed E-state index contributed by atoms with van der Waals surface area (Å²) in [5.41, 5.74) is 0. The molecule has 0 aromatic heterocycles. The molecule has 0 N–H and O–H groups in total. The number of halogens is 1. The lowest BCUT2D eigenvalue weighted by atomic mass is 10.0. The van der Waals surface area contributed by atoms with Gasteiger partial charge in [0.25, 0.3) is 0 Å². The van der Waals surface area contributed by atoms with Crippen molar-refractivity contribution in [2.24, 2.45) is 11.8 Å². The minimum Gasteiger partial charge on any atom is -0.189 e. The molecule has 12 heavy (non-hydrogen) atoms. The Morgan fingerprint density at radius 2 is 1.50 bits per heavy atom. The van der Waals surface area contributed by atoms with Crippen LogP contribution in [0.2, 0.25) is 0 Å². The second-order valence-corrected chi connectivity index (χ2v) is 7.27. The largest absolute Gasteiger partial charge is 0.189 e. The lowest BCUT2D eigenvalue weighted by Crippen LogP contribution is -2.16. The van der Waals surface area contributed by atoms with Crippen molar-refractivity contribution in [3.05, 3.63) is 0 Å². The van der Waals surface area contributed by atoms with E-state index in [4.69, 9.17) is 0 Å². The predicted molar refractivity (Wildman–Crippen MR) is 58.7 cm³/mol. The van der Waals surface area contributed by atoms with Crippen LogP contribution in [-0.2, 0) is 0 Å². The van der Waals surface area contributed by atoms with Gasteiger partial charge in [-0.2, -0.15) is 3.89 Å². The zero-order valence-electron chi connectivity index (χ0n) is 9.06. The molecule has 0 bridgehead atoms. The standard InChI is InChI=1S/C10H23FS/c1-6-12(11,7-2)8-10(5)9(3)4/h9-10H,6-8H2,1-5H3. The summed E-state index contributed by atoms with van der Waals surface area (Å²) >= 11 is 0. The Hall–Kier alpha value is 0.280. The average molecular weight is 194 g/mol. The smallest absolute Gasteiger partial charge is 0.00636 e. The summed E-state index contributed by atoms with van der Waals surface area (Å²) in [6, 6.07) is 0. The Bertz CT molecular complexity index is 119. The van der Waals surface area contributed by atoms with Crippen LogP contribution in [0.3, 0.4) is 0 Å². The molecule has 0 heterocycles. The molecule has 0 aromatic carbocycles. The maximum atomic E-state index is 13.9. The molecular weight excluding hydrogens is 171 g/mol. The van der Waals surface area contributed by atoms with Crippen LogP contribution in [0.5, 0.6) is 0 Å². The summed E-state index contributed by atoms with van der Waals surface area (Å²) in [7, 11) is -1.76. The number of hydrogen-bond donors (Lipinski definition) is 0. The van der Waals surface area contributed by atoms with E-state index in [0.29, 0.717) is 11.8 Å². The van der Waals surface area contributed by atoms with Crippen molar-refractivity contribution in [3.8, 4) is 0 Å². The van der Waals surface area contributed by atoms with Gasteiger partial charge >= 0.3 is 0 Å². The molecule has 1 atom stereocenters. The highest BCUT2D eigenvalue weighted by molar-refractivity contribution is 8.29. The van der Waals surface area contributed by atoms with Crippen LogP contribution in [-0.4, -0.2) is 17.3 Å². The molecule has 76 valence electrons. The van der Waals surface area contributed by atoms with E-state index in [0.717, 1.165) is 17.3 Å². The third kappa shape index (κ3) is 3.79. The molecular formula is C10H23FS. The molecule has 0 fully saturated rings. The molecule has 0 aliphatic rings. The molecule has 0 rings (SSSR count). The van der Waals surface area contributed by atoms with Crippen LogP contribution in [0.4, 0.5) is 3.89 Å². The van der Waals surface area contributed by atoms with Gasteiger partial charge in [-0.1, -0.05) is 45.0 Å². The minimum atomic E-state index is -1.76. The van der Waals surface area contributed by atoms with Crippen LogP contribution in [0.1, 0.15) is 34.6 Å². The summed E-state index contributed by atoms with van der Waals surface area (Å²) in [6.45, 7) is 10.5. The first-order valence-electron chi connectivity index (χ1n) is 4.91. The second-order valence-electron chi connectivity index (χ2n) is 3.91. The lowest BCUT2D eigenvalue weighted by molar-refractivity contribution is 0.459. The minimum absolute atomic E-state index is 0.532. The molecule has 0 radical (unpaired) electrons. The molecule has 0 nitrogen and oxygen atoms in total. The first-order chi connectivity index (χ1) is 5.45. The molecule has 1 unspecified atom stereocenters. The van der Waals surface area contributed by atoms with Gasteiger partial charge in [0, 0.05) is 17.3 Å². The van der Waals surface area contributed by atoms with Crippen LogP contribution in [0.15, 0.2) is 0 Å². The van der Waals surface area contributed by atoms with Gasteiger partial charge in [0.15, 0.2) is 0 Å². The van der Waals surface area contributed by atoms with Crippen LogP contribution in [0.25, 0.3) is 0 Å². The fourth-order valence-corrected chi connectivity index (χ4v) is 3.31. The van der Waals surface area contributed by atoms with E-state index < -0.39 is 10.4 Å². The Morgan fingerprint density at radius 3 is 1.75 bits per heavy atom. The maximum absolute atomic E-state index is 13.9. The van der Waals surface area contributed by atoms with Gasteiger partial charge < -0.3 is 0 Å². The topological polar surface area (TPSA) is 0 Å². The van der Waals surface area contributed by atoms with Gasteiger partial charge in [-0.05, 0) is 11.8 Å². The zero-order chi connectivity index (χ0) is 9.78. The van der Waals surface area contributed by atoms with Gasteiger partial charge in [0.2, 0.25) is 0 Å². The van der Waals surface area contributed by atoms with Gasteiger partial charge in [-0.3, -0.25) is 0 Å². The SMILES string of the molecule is CCS(F)(CC)CC(C)C(C)C. The summed E-state index contributed by atoms with van der Waals surface area (Å²) in [6.07, 6.45) is 0. The third-order valence-corrected chi connectivity index (χ3v) is 5.93. The lowest BCUT2D eigenvalue weighted by Gasteiger charge is -2.32. The summed E-state index contributed by atoms with van der Waals surface area (Å²) < 4.78 is 13.9. The monoisotopic (exact) mass is 194 g/mol. The van der Waals surface area contributed by atoms with E-state index >= 15 is 0 Å². The van der Waals surface area contributed by atoms with Gasteiger partial charge in [-0.15, -0.1) is 0 Å². The van der Waals surface area contributed by atoms with Crippen molar-refractivity contribution in [1.29, 1.82) is 0 Å². The Labute approximate surface area is 78.5 Å². The van der Waals surface area contributed by atoms with Crippen molar-refractivity contribution >= 4 is 10.4 Å². The Morgan fingerprint density at radius 1 is 1.08 bits per heavy atom. The molecule has 0 spiro atoms. The molecule has 2 heteroatoms. The normalized spacial score (nSPS) is 16.6. The fraction of sp³-hybridized carbons (Fsp3) is 1.00. The first-order valence-corrected chi connectivity index (χ1v) is 6.95.